The summed E-state index contributed by atoms with van der Waals surface area (Å²) in [7, 11) is 0. The lowest BCUT2D eigenvalue weighted by Crippen LogP contribution is -2.42. The molecule has 0 saturated carbocycles. The normalized spacial score (nSPS) is 15.6. The Bertz CT molecular complexity index is 326. The average Bonchev–Trinajstić information content (AvgIpc) is 2.28. The second-order valence-electron chi connectivity index (χ2n) is 3.55. The number of hydrogen-bond acceptors (Lipinski definition) is 3. The molecule has 1 rings (SSSR count). The van der Waals surface area contributed by atoms with Crippen LogP contribution < -0.4 is 0 Å². The maximum absolute atomic E-state index is 12.0. The zero-order valence-corrected chi connectivity index (χ0v) is 8.89. The van der Waals surface area contributed by atoms with Gasteiger partial charge < -0.3 is 14.9 Å². The number of hydrogen-bond donors (Lipinski definition) is 2. The Morgan fingerprint density at radius 2 is 1.71 bits per heavy atom. The molecule has 1 aromatic carbocycles. The minimum absolute atomic E-state index is 0.0858. The number of aliphatic hydroxyl groups excluding tert-OH is 2. The third-order valence-corrected chi connectivity index (χ3v) is 2.10. The van der Waals surface area contributed by atoms with Crippen molar-refractivity contribution in [3.8, 4) is 0 Å². The van der Waals surface area contributed by atoms with Crippen LogP contribution in [0.4, 0.5) is 13.2 Å². The summed E-state index contributed by atoms with van der Waals surface area (Å²) in [4.78, 5) is 0. The third-order valence-electron chi connectivity index (χ3n) is 2.10. The van der Waals surface area contributed by atoms with Gasteiger partial charge in [0.1, 0.15) is 6.10 Å². The molecule has 17 heavy (non-hydrogen) atoms. The minimum atomic E-state index is -4.84. The van der Waals surface area contributed by atoms with Crippen LogP contribution in [0.25, 0.3) is 0 Å². The molecule has 3 nitrogen and oxygen atoms in total. The van der Waals surface area contributed by atoms with E-state index >= 15 is 0 Å². The fourth-order valence-corrected chi connectivity index (χ4v) is 1.18. The van der Waals surface area contributed by atoms with Gasteiger partial charge in [-0.1, -0.05) is 30.3 Å². The van der Waals surface area contributed by atoms with Gasteiger partial charge >= 0.3 is 6.18 Å². The molecule has 0 aromatic heterocycles. The van der Waals surface area contributed by atoms with Crippen LogP contribution in [0.2, 0.25) is 0 Å². The number of benzene rings is 1. The molecule has 0 heterocycles. The molecule has 0 aliphatic carbocycles. The molecule has 0 unspecified atom stereocenters. The molecule has 1 aromatic rings. The van der Waals surface area contributed by atoms with E-state index < -0.39 is 25.0 Å². The Morgan fingerprint density at radius 3 is 2.24 bits per heavy atom. The van der Waals surface area contributed by atoms with Crippen molar-refractivity contribution in [3.05, 3.63) is 35.9 Å². The number of rotatable bonds is 5. The van der Waals surface area contributed by atoms with Gasteiger partial charge in [0.05, 0.1) is 13.2 Å². The summed E-state index contributed by atoms with van der Waals surface area (Å²) >= 11 is 0. The summed E-state index contributed by atoms with van der Waals surface area (Å²) in [5.74, 6) is 0. The summed E-state index contributed by atoms with van der Waals surface area (Å²) in [6.07, 6.45) is -9.59. The van der Waals surface area contributed by atoms with Crippen LogP contribution in [0.5, 0.6) is 0 Å². The van der Waals surface area contributed by atoms with Crippen molar-refractivity contribution in [3.63, 3.8) is 0 Å². The zero-order valence-electron chi connectivity index (χ0n) is 8.89. The van der Waals surface area contributed by atoms with Crippen molar-refractivity contribution in [2.75, 3.05) is 6.61 Å². The van der Waals surface area contributed by atoms with E-state index in [9.17, 15) is 13.2 Å². The maximum Gasteiger partial charge on any atom is 0.416 e. The lowest BCUT2D eigenvalue weighted by atomic mass is 10.2. The molecule has 0 saturated heterocycles. The van der Waals surface area contributed by atoms with Gasteiger partial charge in [0.15, 0.2) is 6.10 Å². The summed E-state index contributed by atoms with van der Waals surface area (Å²) in [6, 6.07) is 8.81. The summed E-state index contributed by atoms with van der Waals surface area (Å²) in [5.41, 5.74) is 0.779. The van der Waals surface area contributed by atoms with Gasteiger partial charge in [0.25, 0.3) is 0 Å². The minimum Gasteiger partial charge on any atom is -0.388 e. The molecule has 6 heteroatoms. The molecular formula is C11H13F3O3. The van der Waals surface area contributed by atoms with Crippen molar-refractivity contribution in [1.82, 2.24) is 0 Å². The predicted octanol–water partition coefficient (Wildman–Crippen LogP) is 1.49. The Labute approximate surface area is 96.5 Å². The molecule has 0 spiro atoms. The van der Waals surface area contributed by atoms with E-state index in [1.54, 1.807) is 30.3 Å². The van der Waals surface area contributed by atoms with Gasteiger partial charge in [-0.15, -0.1) is 0 Å². The van der Waals surface area contributed by atoms with E-state index in [2.05, 4.69) is 0 Å². The van der Waals surface area contributed by atoms with Crippen LogP contribution in [0.3, 0.4) is 0 Å². The first-order valence-corrected chi connectivity index (χ1v) is 4.96. The van der Waals surface area contributed by atoms with E-state index in [-0.39, 0.29) is 6.61 Å². The highest BCUT2D eigenvalue weighted by molar-refractivity contribution is 5.13. The predicted molar refractivity (Wildman–Crippen MR) is 54.2 cm³/mol. The van der Waals surface area contributed by atoms with Gasteiger partial charge in [-0.3, -0.25) is 0 Å². The molecule has 0 aliphatic heterocycles. The molecule has 2 atom stereocenters. The highest BCUT2D eigenvalue weighted by Gasteiger charge is 2.43. The topological polar surface area (TPSA) is 49.7 Å². The van der Waals surface area contributed by atoms with Crippen molar-refractivity contribution in [1.29, 1.82) is 0 Å². The second-order valence-corrected chi connectivity index (χ2v) is 3.55. The lowest BCUT2D eigenvalue weighted by molar-refractivity contribution is -0.235. The standard InChI is InChI=1S/C11H13F3O3/c12-11(13,14)10(16)9(15)7-17-6-8-4-2-1-3-5-8/h1-5,9-10,15-16H,6-7H2/t9-,10+/m0/s1. The largest absolute Gasteiger partial charge is 0.416 e. The van der Waals surface area contributed by atoms with E-state index in [1.165, 1.54) is 0 Å². The third kappa shape index (κ3) is 4.72. The fraction of sp³-hybridized carbons (Fsp3) is 0.455. The van der Waals surface area contributed by atoms with Crippen LogP contribution in [-0.2, 0) is 11.3 Å². The van der Waals surface area contributed by atoms with Gasteiger partial charge in [-0.2, -0.15) is 13.2 Å². The molecule has 0 fully saturated rings. The van der Waals surface area contributed by atoms with E-state index in [0.29, 0.717) is 0 Å². The van der Waals surface area contributed by atoms with Crippen molar-refractivity contribution in [2.45, 2.75) is 25.0 Å². The van der Waals surface area contributed by atoms with E-state index in [0.717, 1.165) is 5.56 Å². The SMILES string of the molecule is O[C@H]([C@@H](O)COCc1ccccc1)C(F)(F)F. The van der Waals surface area contributed by atoms with E-state index in [1.807, 2.05) is 0 Å². The Balaban J connectivity index is 2.32. The summed E-state index contributed by atoms with van der Waals surface area (Å²) in [6.45, 7) is -0.488. The lowest BCUT2D eigenvalue weighted by Gasteiger charge is -2.20. The van der Waals surface area contributed by atoms with E-state index in [4.69, 9.17) is 14.9 Å². The molecule has 0 amide bonds. The monoisotopic (exact) mass is 250 g/mol. The highest BCUT2D eigenvalue weighted by Crippen LogP contribution is 2.22. The smallest absolute Gasteiger partial charge is 0.388 e. The van der Waals surface area contributed by atoms with Gasteiger partial charge in [0, 0.05) is 0 Å². The first kappa shape index (κ1) is 14.0. The molecule has 0 radical (unpaired) electrons. The van der Waals surface area contributed by atoms with Crippen molar-refractivity contribution >= 4 is 0 Å². The van der Waals surface area contributed by atoms with Gasteiger partial charge in [0.2, 0.25) is 0 Å². The Kier molecular flexibility index (Phi) is 4.92. The first-order valence-electron chi connectivity index (χ1n) is 4.96. The van der Waals surface area contributed by atoms with Crippen molar-refractivity contribution in [2.24, 2.45) is 0 Å². The summed E-state index contributed by atoms with van der Waals surface area (Å²) < 4.78 is 40.8. The molecule has 96 valence electrons. The van der Waals surface area contributed by atoms with Crippen LogP contribution in [0.1, 0.15) is 5.56 Å². The number of aliphatic hydroxyl groups is 2. The fourth-order valence-electron chi connectivity index (χ4n) is 1.18. The van der Waals surface area contributed by atoms with Crippen LogP contribution >= 0.6 is 0 Å². The van der Waals surface area contributed by atoms with Gasteiger partial charge in [-0.25, -0.2) is 0 Å². The van der Waals surface area contributed by atoms with Crippen LogP contribution in [0, 0.1) is 0 Å². The van der Waals surface area contributed by atoms with Crippen LogP contribution in [0.15, 0.2) is 30.3 Å². The summed E-state index contributed by atoms with van der Waals surface area (Å²) in [5, 5.41) is 17.7. The average molecular weight is 250 g/mol. The second kappa shape index (κ2) is 6.00. The molecule has 0 aliphatic rings. The van der Waals surface area contributed by atoms with Crippen molar-refractivity contribution < 1.29 is 28.1 Å². The Hall–Kier alpha value is -1.11. The van der Waals surface area contributed by atoms with Crippen LogP contribution in [-0.4, -0.2) is 35.2 Å². The molecule has 0 bridgehead atoms. The Morgan fingerprint density at radius 1 is 1.12 bits per heavy atom. The maximum atomic E-state index is 12.0. The molecule has 2 N–H and O–H groups in total. The first-order chi connectivity index (χ1) is 7.91. The molecular weight excluding hydrogens is 237 g/mol. The quantitative estimate of drug-likeness (QED) is 0.832. The highest BCUT2D eigenvalue weighted by atomic mass is 19.4. The zero-order chi connectivity index (χ0) is 12.9. The number of alkyl halides is 3. The number of halogens is 3. The van der Waals surface area contributed by atoms with Gasteiger partial charge in [-0.05, 0) is 5.56 Å². The number of ether oxygens (including phenoxy) is 1.